The van der Waals surface area contributed by atoms with Crippen LogP contribution in [-0.4, -0.2) is 60.9 Å². The molecule has 5 rings (SSSR count). The highest BCUT2D eigenvalue weighted by Crippen LogP contribution is 2.38. The minimum absolute atomic E-state index is 0.442. The maximum Gasteiger partial charge on any atom is 0.114 e. The molecule has 4 nitrogen and oxygen atoms in total. The lowest BCUT2D eigenvalue weighted by Crippen LogP contribution is -2.42. The Hall–Kier alpha value is -1.33. The number of hydrogen-bond donors (Lipinski definition) is 1. The van der Waals surface area contributed by atoms with Crippen LogP contribution in [0.1, 0.15) is 37.7 Å². The summed E-state index contributed by atoms with van der Waals surface area (Å²) in [7, 11) is 0. The van der Waals surface area contributed by atoms with E-state index >= 15 is 0 Å². The standard InChI is InChI=1S/C20H29FN4/c21-16-6-8-23(14-16)13-15-4-5-19-18(12-15)22-20-7-9-24(10-11-25(19)20)17-2-1-3-17/h4-5,12,16-17,20,22H,1-3,6-11,13-14H2. The average molecular weight is 344 g/mol. The van der Waals surface area contributed by atoms with Gasteiger partial charge in [-0.3, -0.25) is 9.80 Å². The molecular weight excluding hydrogens is 315 g/mol. The molecule has 3 heterocycles. The van der Waals surface area contributed by atoms with Gasteiger partial charge in [0.1, 0.15) is 12.3 Å². The van der Waals surface area contributed by atoms with Gasteiger partial charge in [0.25, 0.3) is 0 Å². The Morgan fingerprint density at radius 1 is 1.04 bits per heavy atom. The molecule has 0 bridgehead atoms. The zero-order valence-corrected chi connectivity index (χ0v) is 15.0. The summed E-state index contributed by atoms with van der Waals surface area (Å²) in [6, 6.07) is 7.66. The van der Waals surface area contributed by atoms with Crippen LogP contribution in [0, 0.1) is 0 Å². The van der Waals surface area contributed by atoms with E-state index in [-0.39, 0.29) is 0 Å². The fraction of sp³-hybridized carbons (Fsp3) is 0.700. The van der Waals surface area contributed by atoms with Gasteiger partial charge in [0.05, 0.1) is 11.4 Å². The minimum Gasteiger partial charge on any atom is -0.363 e. The first-order valence-electron chi connectivity index (χ1n) is 10.0. The molecule has 0 amide bonds. The zero-order valence-electron chi connectivity index (χ0n) is 15.0. The monoisotopic (exact) mass is 344 g/mol. The number of hydrogen-bond acceptors (Lipinski definition) is 4. The number of rotatable bonds is 3. The SMILES string of the molecule is FC1CCN(Cc2ccc3c(c2)NC2CCN(C4CCC4)CCN32)C1. The second-order valence-corrected chi connectivity index (χ2v) is 8.24. The van der Waals surface area contributed by atoms with Crippen molar-refractivity contribution < 1.29 is 4.39 Å². The second-order valence-electron chi connectivity index (χ2n) is 8.24. The lowest BCUT2D eigenvalue weighted by Gasteiger charge is -2.36. The third-order valence-corrected chi connectivity index (χ3v) is 6.60. The Morgan fingerprint density at radius 3 is 2.72 bits per heavy atom. The van der Waals surface area contributed by atoms with Crippen LogP contribution in [0.4, 0.5) is 15.8 Å². The average Bonchev–Trinajstić information content (AvgIpc) is 3.05. The molecule has 3 fully saturated rings. The van der Waals surface area contributed by atoms with Crippen LogP contribution >= 0.6 is 0 Å². The van der Waals surface area contributed by atoms with E-state index in [0.29, 0.717) is 19.1 Å². The molecule has 1 aliphatic carbocycles. The summed E-state index contributed by atoms with van der Waals surface area (Å²) in [6.07, 6.45) is 5.90. The number of nitrogens with one attached hydrogen (secondary N) is 1. The Bertz CT molecular complexity index is 632. The Labute approximate surface area is 150 Å². The molecule has 5 heteroatoms. The molecule has 2 atom stereocenters. The summed E-state index contributed by atoms with van der Waals surface area (Å²) in [6.45, 7) is 5.88. The van der Waals surface area contributed by atoms with Crippen LogP contribution in [0.2, 0.25) is 0 Å². The molecule has 0 radical (unpaired) electrons. The number of benzene rings is 1. The first kappa shape index (κ1) is 15.9. The maximum atomic E-state index is 13.4. The summed E-state index contributed by atoms with van der Waals surface area (Å²) in [4.78, 5) is 7.50. The van der Waals surface area contributed by atoms with Gasteiger partial charge in [-0.1, -0.05) is 12.5 Å². The highest BCUT2D eigenvalue weighted by atomic mass is 19.1. The summed E-state index contributed by atoms with van der Waals surface area (Å²) in [5.41, 5.74) is 3.93. The molecule has 1 aromatic carbocycles. The van der Waals surface area contributed by atoms with E-state index in [1.807, 2.05) is 0 Å². The molecule has 1 saturated carbocycles. The van der Waals surface area contributed by atoms with Gasteiger partial charge in [0.15, 0.2) is 0 Å². The maximum absolute atomic E-state index is 13.4. The fourth-order valence-electron chi connectivity index (χ4n) is 4.92. The van der Waals surface area contributed by atoms with Crippen molar-refractivity contribution >= 4 is 11.4 Å². The molecule has 4 aliphatic rings. The van der Waals surface area contributed by atoms with Crippen LogP contribution in [0.3, 0.4) is 0 Å². The number of nitrogens with zero attached hydrogens (tertiary/aromatic N) is 3. The van der Waals surface area contributed by atoms with E-state index in [0.717, 1.165) is 25.7 Å². The summed E-state index contributed by atoms with van der Waals surface area (Å²) in [5.74, 6) is 0. The van der Waals surface area contributed by atoms with Crippen LogP contribution < -0.4 is 10.2 Å². The molecule has 1 N–H and O–H groups in total. The first-order chi connectivity index (χ1) is 12.3. The van der Waals surface area contributed by atoms with Crippen molar-refractivity contribution in [2.24, 2.45) is 0 Å². The van der Waals surface area contributed by atoms with Gasteiger partial charge in [-0.2, -0.15) is 0 Å². The van der Waals surface area contributed by atoms with Gasteiger partial charge in [-0.25, -0.2) is 4.39 Å². The van der Waals surface area contributed by atoms with Gasteiger partial charge in [0, 0.05) is 45.3 Å². The Kier molecular flexibility index (Phi) is 4.09. The zero-order chi connectivity index (χ0) is 16.8. The van der Waals surface area contributed by atoms with E-state index < -0.39 is 6.17 Å². The van der Waals surface area contributed by atoms with Crippen molar-refractivity contribution in [2.75, 3.05) is 42.9 Å². The normalized spacial score (nSPS) is 30.5. The number of fused-ring (bicyclic) bond motifs is 3. The minimum atomic E-state index is -0.635. The molecule has 3 aliphatic heterocycles. The molecule has 25 heavy (non-hydrogen) atoms. The van der Waals surface area contributed by atoms with Crippen LogP contribution in [0.25, 0.3) is 0 Å². The summed E-state index contributed by atoms with van der Waals surface area (Å²) >= 11 is 0. The second kappa shape index (κ2) is 6.44. The van der Waals surface area contributed by atoms with Crippen molar-refractivity contribution in [3.05, 3.63) is 23.8 Å². The molecule has 0 aromatic heterocycles. The highest BCUT2D eigenvalue weighted by molar-refractivity contribution is 5.76. The van der Waals surface area contributed by atoms with Gasteiger partial charge in [-0.05, 0) is 43.4 Å². The van der Waals surface area contributed by atoms with Crippen molar-refractivity contribution in [1.29, 1.82) is 0 Å². The van der Waals surface area contributed by atoms with Crippen molar-refractivity contribution in [1.82, 2.24) is 9.80 Å². The number of anilines is 2. The first-order valence-corrected chi connectivity index (χ1v) is 10.0. The van der Waals surface area contributed by atoms with E-state index in [1.54, 1.807) is 0 Å². The molecule has 2 unspecified atom stereocenters. The van der Waals surface area contributed by atoms with E-state index in [9.17, 15) is 4.39 Å². The third-order valence-electron chi connectivity index (χ3n) is 6.60. The molecule has 2 saturated heterocycles. The lowest BCUT2D eigenvalue weighted by molar-refractivity contribution is 0.135. The quantitative estimate of drug-likeness (QED) is 0.910. The molecule has 0 spiro atoms. The molecular formula is C20H29FN4. The van der Waals surface area contributed by atoms with Crippen molar-refractivity contribution in [2.45, 2.75) is 57.0 Å². The topological polar surface area (TPSA) is 21.8 Å². The van der Waals surface area contributed by atoms with Gasteiger partial charge >= 0.3 is 0 Å². The lowest BCUT2D eigenvalue weighted by atomic mass is 9.91. The van der Waals surface area contributed by atoms with E-state index in [2.05, 4.69) is 38.2 Å². The van der Waals surface area contributed by atoms with Gasteiger partial charge in [0.2, 0.25) is 0 Å². The third kappa shape index (κ3) is 3.02. The smallest absolute Gasteiger partial charge is 0.114 e. The Balaban J connectivity index is 1.27. The summed E-state index contributed by atoms with van der Waals surface area (Å²) in [5, 5.41) is 3.75. The van der Waals surface area contributed by atoms with Crippen molar-refractivity contribution in [3.8, 4) is 0 Å². The van der Waals surface area contributed by atoms with Crippen LogP contribution in [0.5, 0.6) is 0 Å². The number of alkyl halides is 1. The number of halogens is 1. The Morgan fingerprint density at radius 2 is 1.96 bits per heavy atom. The van der Waals surface area contributed by atoms with Gasteiger partial charge < -0.3 is 10.2 Å². The van der Waals surface area contributed by atoms with Crippen LogP contribution in [-0.2, 0) is 6.54 Å². The fourth-order valence-corrected chi connectivity index (χ4v) is 4.92. The number of likely N-dealkylation sites (tertiary alicyclic amines) is 1. The molecule has 1 aromatic rings. The van der Waals surface area contributed by atoms with E-state index in [1.165, 1.54) is 55.7 Å². The largest absolute Gasteiger partial charge is 0.363 e. The predicted octanol–water partition coefficient (Wildman–Crippen LogP) is 3.05. The highest BCUT2D eigenvalue weighted by Gasteiger charge is 2.34. The van der Waals surface area contributed by atoms with Gasteiger partial charge in [-0.15, -0.1) is 0 Å². The summed E-state index contributed by atoms with van der Waals surface area (Å²) < 4.78 is 13.4. The van der Waals surface area contributed by atoms with Crippen LogP contribution in [0.15, 0.2) is 18.2 Å². The molecule has 136 valence electrons. The predicted molar refractivity (Wildman–Crippen MR) is 99.8 cm³/mol. The van der Waals surface area contributed by atoms with Crippen molar-refractivity contribution in [3.63, 3.8) is 0 Å². The van der Waals surface area contributed by atoms with E-state index in [4.69, 9.17) is 0 Å².